The maximum atomic E-state index is 14.4. The number of rotatable bonds is 3. The van der Waals surface area contributed by atoms with Crippen molar-refractivity contribution in [1.82, 2.24) is 10.2 Å². The summed E-state index contributed by atoms with van der Waals surface area (Å²) in [5.41, 5.74) is 0.414. The predicted octanol–water partition coefficient (Wildman–Crippen LogP) is 4.42. The third kappa shape index (κ3) is 6.48. The normalized spacial score (nSPS) is 15.9. The molecular weight excluding hydrogens is 382 g/mol. The molecule has 0 spiro atoms. The second kappa shape index (κ2) is 8.16. The second-order valence-electron chi connectivity index (χ2n) is 7.63. The lowest BCUT2D eigenvalue weighted by Gasteiger charge is -2.37. The minimum Gasteiger partial charge on any atom is -0.366 e. The number of anilines is 1. The number of nitrogens with one attached hydrogen (secondary N) is 1. The molecule has 9 heteroatoms. The Kier molecular flexibility index (Phi) is 6.55. The van der Waals surface area contributed by atoms with Gasteiger partial charge in [-0.05, 0) is 45.4 Å². The highest BCUT2D eigenvalue weighted by molar-refractivity contribution is 7.99. The zero-order valence-corrected chi connectivity index (χ0v) is 16.7. The fourth-order valence-electron chi connectivity index (χ4n) is 2.75. The zero-order chi connectivity index (χ0) is 20.4. The number of carbonyl (C=O) groups excluding carboxylic acids is 1. The number of halogens is 4. The summed E-state index contributed by atoms with van der Waals surface area (Å²) in [4.78, 5) is 16.1. The number of hydrogen-bond donors (Lipinski definition) is 1. The Morgan fingerprint density at radius 3 is 2.26 bits per heavy atom. The molecule has 2 amide bonds. The first-order chi connectivity index (χ1) is 12.4. The number of thioether (sulfide) groups is 1. The third-order valence-electron chi connectivity index (χ3n) is 4.03. The zero-order valence-electron chi connectivity index (χ0n) is 15.9. The van der Waals surface area contributed by atoms with E-state index in [0.29, 0.717) is 48.4 Å². The van der Waals surface area contributed by atoms with Gasteiger partial charge in [-0.3, -0.25) is 0 Å². The lowest BCUT2D eigenvalue weighted by molar-refractivity contribution is -0.105. The van der Waals surface area contributed by atoms with Crippen LogP contribution in [0.4, 0.5) is 28.0 Å². The molecule has 1 fully saturated rings. The molecule has 1 saturated heterocycles. The van der Waals surface area contributed by atoms with Gasteiger partial charge in [-0.25, -0.2) is 9.18 Å². The summed E-state index contributed by atoms with van der Waals surface area (Å²) in [6.07, 6.45) is -4.28. The maximum absolute atomic E-state index is 14.4. The number of carbonyl (C=O) groups is 1. The van der Waals surface area contributed by atoms with E-state index in [-0.39, 0.29) is 17.3 Å². The summed E-state index contributed by atoms with van der Waals surface area (Å²) in [5.74, 6) is -1.48. The first-order valence-corrected chi connectivity index (χ1v) is 9.66. The van der Waals surface area contributed by atoms with Crippen molar-refractivity contribution in [3.05, 3.63) is 23.5 Å². The number of alkyl halides is 3. The quantitative estimate of drug-likeness (QED) is 0.595. The molecule has 0 aromatic heterocycles. The van der Waals surface area contributed by atoms with Gasteiger partial charge in [-0.2, -0.15) is 13.2 Å². The van der Waals surface area contributed by atoms with Crippen LogP contribution in [0.2, 0.25) is 0 Å². The molecular formula is C18H25F4N3OS. The second-order valence-corrected chi connectivity index (χ2v) is 8.64. The average molecular weight is 407 g/mol. The number of nitrogens with zero attached hydrogens (tertiary/aromatic N) is 2. The molecule has 0 radical (unpaired) electrons. The molecule has 0 unspecified atom stereocenters. The number of hydrogen-bond acceptors (Lipinski definition) is 3. The molecule has 1 aliphatic rings. The number of urea groups is 1. The van der Waals surface area contributed by atoms with Crippen LogP contribution in [-0.4, -0.2) is 54.6 Å². The van der Waals surface area contributed by atoms with Crippen LogP contribution in [0.3, 0.4) is 0 Å². The summed E-state index contributed by atoms with van der Waals surface area (Å²) < 4.78 is 51.9. The van der Waals surface area contributed by atoms with Crippen molar-refractivity contribution in [1.29, 1.82) is 0 Å². The van der Waals surface area contributed by atoms with Crippen LogP contribution in [0.5, 0.6) is 0 Å². The molecule has 1 heterocycles. The predicted molar refractivity (Wildman–Crippen MR) is 100.0 cm³/mol. The van der Waals surface area contributed by atoms with Gasteiger partial charge >= 0.3 is 12.2 Å². The molecule has 1 aliphatic heterocycles. The minimum absolute atomic E-state index is 0.173. The van der Waals surface area contributed by atoms with Gasteiger partial charge in [0, 0.05) is 36.6 Å². The van der Waals surface area contributed by atoms with Crippen molar-refractivity contribution in [3.63, 3.8) is 0 Å². The number of piperazine rings is 1. The van der Waals surface area contributed by atoms with Crippen molar-refractivity contribution >= 4 is 23.5 Å². The highest BCUT2D eigenvalue weighted by Gasteiger charge is 2.29. The van der Waals surface area contributed by atoms with Crippen molar-refractivity contribution < 1.29 is 22.4 Å². The lowest BCUT2D eigenvalue weighted by atomic mass is 10.1. The van der Waals surface area contributed by atoms with Gasteiger partial charge < -0.3 is 15.1 Å². The van der Waals surface area contributed by atoms with Gasteiger partial charge in [0.1, 0.15) is 5.82 Å². The molecule has 4 nitrogen and oxygen atoms in total. The minimum atomic E-state index is -4.28. The number of aryl methyl sites for hydroxylation is 1. The van der Waals surface area contributed by atoms with E-state index in [9.17, 15) is 22.4 Å². The first kappa shape index (κ1) is 21.7. The smallest absolute Gasteiger partial charge is 0.366 e. The van der Waals surface area contributed by atoms with Gasteiger partial charge in [0.25, 0.3) is 0 Å². The Labute approximate surface area is 161 Å². The summed E-state index contributed by atoms with van der Waals surface area (Å²) >= 11 is 0.660. The molecule has 27 heavy (non-hydrogen) atoms. The van der Waals surface area contributed by atoms with Crippen LogP contribution in [0.25, 0.3) is 0 Å². The van der Waals surface area contributed by atoms with Crippen molar-refractivity contribution in [3.8, 4) is 0 Å². The Morgan fingerprint density at radius 1 is 1.15 bits per heavy atom. The standard InChI is InChI=1S/C18H25F4N3OS/c1-12-9-13(19)14(10-15(12)27-11-18(20,21)22)24-5-7-25(8-6-24)16(26)23-17(2,3)4/h9-10H,5-8,11H2,1-4H3,(H,23,26). The van der Waals surface area contributed by atoms with Crippen LogP contribution in [0.15, 0.2) is 17.0 Å². The fraction of sp³-hybridized carbons (Fsp3) is 0.611. The Morgan fingerprint density at radius 2 is 1.74 bits per heavy atom. The molecule has 2 rings (SSSR count). The summed E-state index contributed by atoms with van der Waals surface area (Å²) in [6.45, 7) is 8.94. The van der Waals surface area contributed by atoms with Crippen molar-refractivity contribution in [2.24, 2.45) is 0 Å². The number of benzene rings is 1. The van der Waals surface area contributed by atoms with E-state index in [1.807, 2.05) is 20.8 Å². The molecule has 0 bridgehead atoms. The monoisotopic (exact) mass is 407 g/mol. The molecule has 0 aliphatic carbocycles. The van der Waals surface area contributed by atoms with Crippen LogP contribution in [-0.2, 0) is 0 Å². The van der Waals surface area contributed by atoms with Crippen LogP contribution in [0, 0.1) is 12.7 Å². The molecule has 1 aromatic rings. The van der Waals surface area contributed by atoms with Crippen LogP contribution >= 0.6 is 11.8 Å². The van der Waals surface area contributed by atoms with Crippen LogP contribution in [0.1, 0.15) is 26.3 Å². The van der Waals surface area contributed by atoms with Gasteiger partial charge in [0.2, 0.25) is 0 Å². The molecule has 0 atom stereocenters. The van der Waals surface area contributed by atoms with Crippen LogP contribution < -0.4 is 10.2 Å². The largest absolute Gasteiger partial charge is 0.398 e. The Bertz CT molecular complexity index is 680. The SMILES string of the molecule is Cc1cc(F)c(N2CCN(C(=O)NC(C)(C)C)CC2)cc1SCC(F)(F)F. The topological polar surface area (TPSA) is 35.6 Å². The molecule has 152 valence electrons. The van der Waals surface area contributed by atoms with Crippen molar-refractivity contribution in [2.45, 2.75) is 44.3 Å². The van der Waals surface area contributed by atoms with E-state index in [2.05, 4.69) is 5.32 Å². The summed E-state index contributed by atoms with van der Waals surface area (Å²) in [7, 11) is 0. The van der Waals surface area contributed by atoms with Gasteiger partial charge in [0.15, 0.2) is 0 Å². The summed E-state index contributed by atoms with van der Waals surface area (Å²) in [6, 6.07) is 2.58. The molecule has 1 aromatic carbocycles. The van der Waals surface area contributed by atoms with E-state index in [0.717, 1.165) is 0 Å². The third-order valence-corrected chi connectivity index (χ3v) is 5.25. The average Bonchev–Trinajstić information content (AvgIpc) is 2.52. The first-order valence-electron chi connectivity index (χ1n) is 8.67. The van der Waals surface area contributed by atoms with E-state index >= 15 is 0 Å². The Balaban J connectivity index is 2.06. The maximum Gasteiger partial charge on any atom is 0.398 e. The van der Waals surface area contributed by atoms with Crippen molar-refractivity contribution in [2.75, 3.05) is 36.8 Å². The van der Waals surface area contributed by atoms with E-state index < -0.39 is 17.7 Å². The molecule has 0 saturated carbocycles. The van der Waals surface area contributed by atoms with Gasteiger partial charge in [-0.15, -0.1) is 11.8 Å². The van der Waals surface area contributed by atoms with Gasteiger partial charge in [-0.1, -0.05) is 0 Å². The fourth-order valence-corrected chi connectivity index (χ4v) is 3.55. The van der Waals surface area contributed by atoms with E-state index in [4.69, 9.17) is 0 Å². The Hall–Kier alpha value is -1.64. The van der Waals surface area contributed by atoms with E-state index in [1.165, 1.54) is 12.1 Å². The summed E-state index contributed by atoms with van der Waals surface area (Å²) in [5, 5.41) is 2.89. The lowest BCUT2D eigenvalue weighted by Crippen LogP contribution is -2.55. The number of amides is 2. The van der Waals surface area contributed by atoms with Gasteiger partial charge in [0.05, 0.1) is 11.4 Å². The van der Waals surface area contributed by atoms with E-state index in [1.54, 1.807) is 16.7 Å². The highest BCUT2D eigenvalue weighted by Crippen LogP contribution is 2.34. The molecule has 1 N–H and O–H groups in total. The highest BCUT2D eigenvalue weighted by atomic mass is 32.2.